The minimum absolute atomic E-state index is 0.187. The molecule has 0 unspecified atom stereocenters. The predicted molar refractivity (Wildman–Crippen MR) is 64.4 cm³/mol. The number of rotatable bonds is 4. The van der Waals surface area contributed by atoms with Gasteiger partial charge in [-0.15, -0.1) is 0 Å². The Balaban J connectivity index is 2.61. The van der Waals surface area contributed by atoms with Gasteiger partial charge in [0.05, 0.1) is 11.3 Å². The number of amides is 1. The number of halogens is 3. The van der Waals surface area contributed by atoms with Crippen LogP contribution in [0.2, 0.25) is 0 Å². The van der Waals surface area contributed by atoms with Crippen LogP contribution < -0.4 is 5.32 Å². The Morgan fingerprint density at radius 2 is 1.74 bits per heavy atom. The van der Waals surface area contributed by atoms with Crippen molar-refractivity contribution < 1.29 is 26.4 Å². The third-order valence-corrected chi connectivity index (χ3v) is 3.14. The molecular formula is C11H12F3NO3S. The van der Waals surface area contributed by atoms with Crippen molar-refractivity contribution in [3.05, 3.63) is 29.8 Å². The smallest absolute Gasteiger partial charge is 0.326 e. The highest BCUT2D eigenvalue weighted by atomic mass is 32.2. The summed E-state index contributed by atoms with van der Waals surface area (Å²) in [5.74, 6) is -0.871. The number of carbonyl (C=O) groups is 1. The van der Waals surface area contributed by atoms with Crippen LogP contribution in [0.1, 0.15) is 12.0 Å². The van der Waals surface area contributed by atoms with Gasteiger partial charge in [0.25, 0.3) is 0 Å². The third-order valence-electron chi connectivity index (χ3n) is 2.20. The molecule has 0 radical (unpaired) electrons. The van der Waals surface area contributed by atoms with Crippen LogP contribution in [0.15, 0.2) is 24.3 Å². The first kappa shape index (κ1) is 15.5. The van der Waals surface area contributed by atoms with E-state index in [0.717, 1.165) is 30.5 Å². The maximum absolute atomic E-state index is 12.3. The number of hydrogen-bond donors (Lipinski definition) is 1. The minimum Gasteiger partial charge on any atom is -0.326 e. The van der Waals surface area contributed by atoms with Crippen molar-refractivity contribution >= 4 is 21.4 Å². The van der Waals surface area contributed by atoms with Crippen molar-refractivity contribution in [1.29, 1.82) is 0 Å². The van der Waals surface area contributed by atoms with E-state index < -0.39 is 27.5 Å². The average molecular weight is 295 g/mol. The Hall–Kier alpha value is -1.57. The maximum Gasteiger partial charge on any atom is 0.416 e. The molecular weight excluding hydrogens is 283 g/mol. The van der Waals surface area contributed by atoms with Crippen molar-refractivity contribution in [3.8, 4) is 0 Å². The summed E-state index contributed by atoms with van der Waals surface area (Å²) in [5, 5.41) is 2.32. The number of hydrogen-bond acceptors (Lipinski definition) is 3. The Bertz CT molecular complexity index is 550. The molecule has 0 spiro atoms. The molecule has 0 bridgehead atoms. The van der Waals surface area contributed by atoms with Crippen molar-refractivity contribution in [3.63, 3.8) is 0 Å². The summed E-state index contributed by atoms with van der Waals surface area (Å²) < 4.78 is 58.5. The van der Waals surface area contributed by atoms with Crippen molar-refractivity contribution in [2.24, 2.45) is 0 Å². The van der Waals surface area contributed by atoms with Crippen LogP contribution in [0.25, 0.3) is 0 Å². The summed E-state index contributed by atoms with van der Waals surface area (Å²) in [4.78, 5) is 11.3. The van der Waals surface area contributed by atoms with Gasteiger partial charge in [-0.25, -0.2) is 8.42 Å². The summed E-state index contributed by atoms with van der Waals surface area (Å²) in [6.45, 7) is 0. The van der Waals surface area contributed by atoms with E-state index in [0.29, 0.717) is 0 Å². The monoisotopic (exact) mass is 295 g/mol. The molecule has 106 valence electrons. The summed E-state index contributed by atoms with van der Waals surface area (Å²) in [7, 11) is -3.25. The normalized spacial score (nSPS) is 12.2. The van der Waals surface area contributed by atoms with Crippen molar-refractivity contribution in [2.45, 2.75) is 12.6 Å². The average Bonchev–Trinajstić information content (AvgIpc) is 2.25. The molecule has 0 aliphatic carbocycles. The van der Waals surface area contributed by atoms with Gasteiger partial charge in [-0.3, -0.25) is 4.79 Å². The first-order chi connectivity index (χ1) is 8.58. The van der Waals surface area contributed by atoms with Crippen LogP contribution in [-0.2, 0) is 20.8 Å². The highest BCUT2D eigenvalue weighted by Gasteiger charge is 2.29. The fourth-order valence-electron chi connectivity index (χ4n) is 1.24. The number of carbonyl (C=O) groups excluding carboxylic acids is 1. The standard InChI is InChI=1S/C11H12F3NO3S/c1-19(17,18)7-6-10(16)15-9-4-2-8(3-5-9)11(12,13)14/h2-5H,6-7H2,1H3,(H,15,16). The molecule has 1 aromatic rings. The van der Waals surface area contributed by atoms with Gasteiger partial charge in [-0.05, 0) is 24.3 Å². The van der Waals surface area contributed by atoms with Crippen LogP contribution >= 0.6 is 0 Å². The van der Waals surface area contributed by atoms with Gasteiger partial charge < -0.3 is 5.32 Å². The first-order valence-corrected chi connectivity index (χ1v) is 7.29. The summed E-state index contributed by atoms with van der Waals surface area (Å²) in [5.41, 5.74) is -0.631. The minimum atomic E-state index is -4.43. The Labute approximate surface area is 108 Å². The zero-order chi connectivity index (χ0) is 14.7. The highest BCUT2D eigenvalue weighted by molar-refractivity contribution is 7.90. The van der Waals surface area contributed by atoms with E-state index in [2.05, 4.69) is 5.32 Å². The second-order valence-corrected chi connectivity index (χ2v) is 6.26. The molecule has 0 heterocycles. The molecule has 8 heteroatoms. The van der Waals surface area contributed by atoms with E-state index in [9.17, 15) is 26.4 Å². The van der Waals surface area contributed by atoms with Crippen LogP contribution in [0.5, 0.6) is 0 Å². The van der Waals surface area contributed by atoms with E-state index in [-0.39, 0.29) is 17.9 Å². The van der Waals surface area contributed by atoms with E-state index in [1.54, 1.807) is 0 Å². The lowest BCUT2D eigenvalue weighted by molar-refractivity contribution is -0.137. The molecule has 0 saturated carbocycles. The zero-order valence-electron chi connectivity index (χ0n) is 9.99. The second-order valence-electron chi connectivity index (χ2n) is 4.00. The van der Waals surface area contributed by atoms with E-state index >= 15 is 0 Å². The van der Waals surface area contributed by atoms with Crippen LogP contribution in [0.4, 0.5) is 18.9 Å². The molecule has 0 aromatic heterocycles. The molecule has 0 aliphatic heterocycles. The number of nitrogens with one attached hydrogen (secondary N) is 1. The van der Waals surface area contributed by atoms with Crippen molar-refractivity contribution in [1.82, 2.24) is 0 Å². The molecule has 19 heavy (non-hydrogen) atoms. The molecule has 1 N–H and O–H groups in total. The van der Waals surface area contributed by atoms with Gasteiger partial charge in [0.2, 0.25) is 5.91 Å². The highest BCUT2D eigenvalue weighted by Crippen LogP contribution is 2.29. The summed E-state index contributed by atoms with van der Waals surface area (Å²) in [6.07, 6.45) is -3.67. The van der Waals surface area contributed by atoms with Crippen molar-refractivity contribution in [2.75, 3.05) is 17.3 Å². The Morgan fingerprint density at radius 3 is 2.16 bits per heavy atom. The lowest BCUT2D eigenvalue weighted by Gasteiger charge is -2.08. The van der Waals surface area contributed by atoms with Crippen LogP contribution in [0.3, 0.4) is 0 Å². The third kappa shape index (κ3) is 5.73. The van der Waals surface area contributed by atoms with Crippen LogP contribution in [-0.4, -0.2) is 26.3 Å². The number of anilines is 1. The molecule has 0 atom stereocenters. The van der Waals surface area contributed by atoms with Gasteiger partial charge in [-0.1, -0.05) is 0 Å². The fourth-order valence-corrected chi connectivity index (χ4v) is 1.80. The summed E-state index contributed by atoms with van der Waals surface area (Å²) in [6, 6.07) is 3.90. The van der Waals surface area contributed by atoms with Gasteiger partial charge in [0.15, 0.2) is 0 Å². The maximum atomic E-state index is 12.3. The van der Waals surface area contributed by atoms with E-state index in [1.807, 2.05) is 0 Å². The quantitative estimate of drug-likeness (QED) is 0.925. The largest absolute Gasteiger partial charge is 0.416 e. The van der Waals surface area contributed by atoms with Gasteiger partial charge >= 0.3 is 6.18 Å². The van der Waals surface area contributed by atoms with Crippen LogP contribution in [0, 0.1) is 0 Å². The Kier molecular flexibility index (Phi) is 4.56. The number of benzene rings is 1. The SMILES string of the molecule is CS(=O)(=O)CCC(=O)Nc1ccc(C(F)(F)F)cc1. The molecule has 0 fully saturated rings. The molecule has 1 amide bonds. The van der Waals surface area contributed by atoms with Gasteiger partial charge in [0.1, 0.15) is 9.84 Å². The predicted octanol–water partition coefficient (Wildman–Crippen LogP) is 2.08. The molecule has 4 nitrogen and oxygen atoms in total. The second kappa shape index (κ2) is 5.60. The lowest BCUT2D eigenvalue weighted by Crippen LogP contribution is -2.16. The summed E-state index contributed by atoms with van der Waals surface area (Å²) >= 11 is 0. The Morgan fingerprint density at radius 1 is 1.21 bits per heavy atom. The molecule has 0 aliphatic rings. The number of alkyl halides is 3. The fraction of sp³-hybridized carbons (Fsp3) is 0.364. The zero-order valence-corrected chi connectivity index (χ0v) is 10.8. The molecule has 0 saturated heterocycles. The van der Waals surface area contributed by atoms with Gasteiger partial charge in [-0.2, -0.15) is 13.2 Å². The first-order valence-electron chi connectivity index (χ1n) is 5.23. The molecule has 1 rings (SSSR count). The topological polar surface area (TPSA) is 63.2 Å². The van der Waals surface area contributed by atoms with E-state index in [4.69, 9.17) is 0 Å². The van der Waals surface area contributed by atoms with E-state index in [1.165, 1.54) is 0 Å². The number of sulfone groups is 1. The van der Waals surface area contributed by atoms with Gasteiger partial charge in [0, 0.05) is 18.4 Å². The molecule has 1 aromatic carbocycles. The lowest BCUT2D eigenvalue weighted by atomic mass is 10.2.